The Morgan fingerprint density at radius 1 is 1.30 bits per heavy atom. The van der Waals surface area contributed by atoms with Crippen LogP contribution in [0, 0.1) is 13.8 Å². The molecular formula is C15H18N4S. The van der Waals surface area contributed by atoms with E-state index in [1.165, 1.54) is 10.4 Å². The predicted molar refractivity (Wildman–Crippen MR) is 85.1 cm³/mol. The van der Waals surface area contributed by atoms with E-state index in [0.717, 1.165) is 27.4 Å². The molecule has 0 unspecified atom stereocenters. The third-order valence-corrected chi connectivity index (χ3v) is 4.68. The Kier molecular flexibility index (Phi) is 3.01. The maximum atomic E-state index is 6.21. The van der Waals surface area contributed by atoms with Crippen molar-refractivity contribution in [1.82, 2.24) is 14.5 Å². The second-order valence-electron chi connectivity index (χ2n) is 5.29. The molecule has 104 valence electrons. The average Bonchev–Trinajstić information content (AvgIpc) is 2.87. The molecule has 2 N–H and O–H groups in total. The van der Waals surface area contributed by atoms with Gasteiger partial charge in [0.25, 0.3) is 0 Å². The summed E-state index contributed by atoms with van der Waals surface area (Å²) >= 11 is 1.63. The Balaban J connectivity index is 2.39. The van der Waals surface area contributed by atoms with E-state index in [9.17, 15) is 0 Å². The zero-order chi connectivity index (χ0) is 14.4. The standard InChI is InChI=1S/C15H18N4S/c1-8(2)19-12-5-6-17-7-11(12)18-15(19)13-9(3)10(4)20-14(13)16/h5-8H,16H2,1-4H3. The normalized spacial score (nSPS) is 11.7. The number of fused-ring (bicyclic) bond motifs is 1. The van der Waals surface area contributed by atoms with Crippen LogP contribution in [0.2, 0.25) is 0 Å². The summed E-state index contributed by atoms with van der Waals surface area (Å²) in [5.74, 6) is 0.947. The van der Waals surface area contributed by atoms with Crippen molar-refractivity contribution in [3.8, 4) is 11.4 Å². The van der Waals surface area contributed by atoms with E-state index >= 15 is 0 Å². The fourth-order valence-electron chi connectivity index (χ4n) is 2.58. The third-order valence-electron chi connectivity index (χ3n) is 3.64. The Labute approximate surface area is 122 Å². The second-order valence-corrected chi connectivity index (χ2v) is 6.54. The number of aryl methyl sites for hydroxylation is 1. The number of imidazole rings is 1. The molecule has 3 rings (SSSR count). The molecule has 0 amide bonds. The molecule has 3 aromatic heterocycles. The maximum absolute atomic E-state index is 6.21. The SMILES string of the molecule is Cc1sc(N)c(-c2nc3cnccc3n2C(C)C)c1C. The molecule has 0 atom stereocenters. The van der Waals surface area contributed by atoms with E-state index in [1.807, 2.05) is 18.5 Å². The molecule has 0 aliphatic rings. The summed E-state index contributed by atoms with van der Waals surface area (Å²) in [6, 6.07) is 2.33. The number of nitrogen functional groups attached to an aromatic ring is 1. The van der Waals surface area contributed by atoms with Crippen molar-refractivity contribution < 1.29 is 0 Å². The Bertz CT molecular complexity index is 783. The molecule has 0 radical (unpaired) electrons. The maximum Gasteiger partial charge on any atom is 0.144 e. The highest BCUT2D eigenvalue weighted by Gasteiger charge is 2.21. The van der Waals surface area contributed by atoms with Crippen LogP contribution in [0.3, 0.4) is 0 Å². The number of rotatable bonds is 2. The molecule has 0 aromatic carbocycles. The second kappa shape index (κ2) is 4.59. The molecule has 0 spiro atoms. The van der Waals surface area contributed by atoms with Gasteiger partial charge >= 0.3 is 0 Å². The molecule has 0 aliphatic heterocycles. The van der Waals surface area contributed by atoms with Gasteiger partial charge in [-0.2, -0.15) is 0 Å². The van der Waals surface area contributed by atoms with Crippen LogP contribution < -0.4 is 5.73 Å². The lowest BCUT2D eigenvalue weighted by Gasteiger charge is -2.13. The quantitative estimate of drug-likeness (QED) is 0.776. The van der Waals surface area contributed by atoms with Crippen LogP contribution in [0.1, 0.15) is 30.3 Å². The van der Waals surface area contributed by atoms with E-state index in [0.29, 0.717) is 6.04 Å². The molecule has 0 saturated heterocycles. The van der Waals surface area contributed by atoms with Crippen LogP contribution in [0.5, 0.6) is 0 Å². The van der Waals surface area contributed by atoms with Crippen molar-refractivity contribution >= 4 is 27.4 Å². The van der Waals surface area contributed by atoms with E-state index in [1.54, 1.807) is 11.3 Å². The highest BCUT2D eigenvalue weighted by Crippen LogP contribution is 2.39. The molecule has 5 heteroatoms. The lowest BCUT2D eigenvalue weighted by Crippen LogP contribution is -2.04. The number of nitrogens with zero attached hydrogens (tertiary/aromatic N) is 3. The summed E-state index contributed by atoms with van der Waals surface area (Å²) < 4.78 is 2.24. The molecule has 0 fully saturated rings. The topological polar surface area (TPSA) is 56.7 Å². The molecule has 20 heavy (non-hydrogen) atoms. The summed E-state index contributed by atoms with van der Waals surface area (Å²) in [4.78, 5) is 10.2. The Morgan fingerprint density at radius 2 is 2.05 bits per heavy atom. The Hall–Kier alpha value is -1.88. The fraction of sp³-hybridized carbons (Fsp3) is 0.333. The summed E-state index contributed by atoms with van der Waals surface area (Å²) in [5, 5.41) is 0.838. The van der Waals surface area contributed by atoms with Gasteiger partial charge in [0.15, 0.2) is 0 Å². The van der Waals surface area contributed by atoms with Crippen LogP contribution in [0.4, 0.5) is 5.00 Å². The van der Waals surface area contributed by atoms with Crippen LogP contribution in [0.15, 0.2) is 18.5 Å². The van der Waals surface area contributed by atoms with Crippen molar-refractivity contribution in [2.75, 3.05) is 5.73 Å². The monoisotopic (exact) mass is 286 g/mol. The summed E-state index contributed by atoms with van der Waals surface area (Å²) in [6.45, 7) is 8.54. The van der Waals surface area contributed by atoms with Crippen molar-refractivity contribution in [3.05, 3.63) is 28.9 Å². The number of hydrogen-bond donors (Lipinski definition) is 1. The van der Waals surface area contributed by atoms with Crippen molar-refractivity contribution in [3.63, 3.8) is 0 Å². The first kappa shape index (κ1) is 13.1. The fourth-order valence-corrected chi connectivity index (χ4v) is 3.51. The number of hydrogen-bond acceptors (Lipinski definition) is 4. The first-order valence-electron chi connectivity index (χ1n) is 6.68. The number of aromatic nitrogens is 3. The van der Waals surface area contributed by atoms with E-state index in [2.05, 4.69) is 37.2 Å². The first-order valence-corrected chi connectivity index (χ1v) is 7.50. The van der Waals surface area contributed by atoms with Gasteiger partial charge in [-0.3, -0.25) is 4.98 Å². The molecule has 4 nitrogen and oxygen atoms in total. The number of nitrogens with two attached hydrogens (primary N) is 1. The van der Waals surface area contributed by atoms with Crippen molar-refractivity contribution in [2.24, 2.45) is 0 Å². The van der Waals surface area contributed by atoms with Gasteiger partial charge in [-0.25, -0.2) is 4.98 Å². The smallest absolute Gasteiger partial charge is 0.144 e. The minimum atomic E-state index is 0.316. The van der Waals surface area contributed by atoms with E-state index in [4.69, 9.17) is 10.7 Å². The van der Waals surface area contributed by atoms with Gasteiger partial charge in [0.05, 0.1) is 22.3 Å². The van der Waals surface area contributed by atoms with Gasteiger partial charge in [0.2, 0.25) is 0 Å². The van der Waals surface area contributed by atoms with Gasteiger partial charge in [-0.15, -0.1) is 11.3 Å². The lowest BCUT2D eigenvalue weighted by molar-refractivity contribution is 0.624. The average molecular weight is 286 g/mol. The first-order chi connectivity index (χ1) is 9.50. The predicted octanol–water partition coefficient (Wildman–Crippen LogP) is 3.94. The zero-order valence-electron chi connectivity index (χ0n) is 12.1. The summed E-state index contributed by atoms with van der Waals surface area (Å²) in [6.07, 6.45) is 3.62. The van der Waals surface area contributed by atoms with Crippen LogP contribution >= 0.6 is 11.3 Å². The van der Waals surface area contributed by atoms with Gasteiger partial charge in [-0.05, 0) is 39.3 Å². The summed E-state index contributed by atoms with van der Waals surface area (Å²) in [5.41, 5.74) is 10.5. The highest BCUT2D eigenvalue weighted by atomic mass is 32.1. The Morgan fingerprint density at radius 3 is 2.65 bits per heavy atom. The minimum Gasteiger partial charge on any atom is -0.390 e. The minimum absolute atomic E-state index is 0.316. The molecule has 3 heterocycles. The third kappa shape index (κ3) is 1.81. The number of anilines is 1. The van der Waals surface area contributed by atoms with Crippen LogP contribution in [-0.4, -0.2) is 14.5 Å². The molecule has 0 aliphatic carbocycles. The molecule has 3 aromatic rings. The van der Waals surface area contributed by atoms with Gasteiger partial charge in [0.1, 0.15) is 11.3 Å². The number of pyridine rings is 1. The van der Waals surface area contributed by atoms with Gasteiger partial charge < -0.3 is 10.3 Å². The molecular weight excluding hydrogens is 268 g/mol. The largest absolute Gasteiger partial charge is 0.390 e. The highest BCUT2D eigenvalue weighted by molar-refractivity contribution is 7.16. The van der Waals surface area contributed by atoms with E-state index in [-0.39, 0.29) is 0 Å². The van der Waals surface area contributed by atoms with E-state index < -0.39 is 0 Å². The zero-order valence-corrected chi connectivity index (χ0v) is 13.0. The van der Waals surface area contributed by atoms with Gasteiger partial charge in [0, 0.05) is 17.1 Å². The van der Waals surface area contributed by atoms with Crippen LogP contribution in [0.25, 0.3) is 22.4 Å². The summed E-state index contributed by atoms with van der Waals surface area (Å²) in [7, 11) is 0. The van der Waals surface area contributed by atoms with Crippen molar-refractivity contribution in [1.29, 1.82) is 0 Å². The van der Waals surface area contributed by atoms with Crippen LogP contribution in [-0.2, 0) is 0 Å². The van der Waals surface area contributed by atoms with Gasteiger partial charge in [-0.1, -0.05) is 0 Å². The molecule has 0 saturated carbocycles. The number of thiophene rings is 1. The molecule has 0 bridgehead atoms. The van der Waals surface area contributed by atoms with Crippen molar-refractivity contribution in [2.45, 2.75) is 33.7 Å². The lowest BCUT2D eigenvalue weighted by atomic mass is 10.1.